The first-order valence-corrected chi connectivity index (χ1v) is 4.83. The maximum Gasteiger partial charge on any atom is 0.0932 e. The van der Waals surface area contributed by atoms with Gasteiger partial charge >= 0.3 is 0 Å². The SMILES string of the molecule is C=Cc1nnc(-c2ccccc2)cc1C. The number of hydrogen-bond acceptors (Lipinski definition) is 2. The maximum absolute atomic E-state index is 4.16. The van der Waals surface area contributed by atoms with Gasteiger partial charge < -0.3 is 0 Å². The summed E-state index contributed by atoms with van der Waals surface area (Å²) in [5.41, 5.74) is 3.93. The average Bonchev–Trinajstić information content (AvgIpc) is 2.30. The van der Waals surface area contributed by atoms with Gasteiger partial charge in [-0.25, -0.2) is 0 Å². The molecular formula is C13H12N2. The molecule has 1 aromatic heterocycles. The lowest BCUT2D eigenvalue weighted by Gasteiger charge is -2.02. The van der Waals surface area contributed by atoms with Crippen LogP contribution in [0.4, 0.5) is 0 Å². The van der Waals surface area contributed by atoms with Gasteiger partial charge in [0.05, 0.1) is 11.4 Å². The van der Waals surface area contributed by atoms with Crippen LogP contribution in [-0.2, 0) is 0 Å². The number of nitrogens with zero attached hydrogens (tertiary/aromatic N) is 2. The van der Waals surface area contributed by atoms with Crippen LogP contribution in [-0.4, -0.2) is 10.2 Å². The Hall–Kier alpha value is -1.96. The molecule has 0 aliphatic carbocycles. The van der Waals surface area contributed by atoms with Crippen LogP contribution in [0.3, 0.4) is 0 Å². The molecule has 0 amide bonds. The number of hydrogen-bond donors (Lipinski definition) is 0. The summed E-state index contributed by atoms with van der Waals surface area (Å²) < 4.78 is 0. The zero-order chi connectivity index (χ0) is 10.7. The summed E-state index contributed by atoms with van der Waals surface area (Å²) in [5, 5.41) is 8.26. The van der Waals surface area contributed by atoms with Crippen molar-refractivity contribution in [3.63, 3.8) is 0 Å². The van der Waals surface area contributed by atoms with Gasteiger partial charge in [-0.1, -0.05) is 36.9 Å². The molecule has 2 aromatic rings. The highest BCUT2D eigenvalue weighted by Crippen LogP contribution is 2.17. The zero-order valence-corrected chi connectivity index (χ0v) is 8.64. The molecule has 0 saturated heterocycles. The van der Waals surface area contributed by atoms with E-state index in [1.807, 2.05) is 43.3 Å². The van der Waals surface area contributed by atoms with Gasteiger partial charge in [0.2, 0.25) is 0 Å². The molecule has 0 bridgehead atoms. The van der Waals surface area contributed by atoms with Gasteiger partial charge in [-0.15, -0.1) is 5.10 Å². The molecule has 0 fully saturated rings. The van der Waals surface area contributed by atoms with Crippen LogP contribution < -0.4 is 0 Å². The molecule has 2 nitrogen and oxygen atoms in total. The predicted octanol–water partition coefficient (Wildman–Crippen LogP) is 3.10. The monoisotopic (exact) mass is 196 g/mol. The van der Waals surface area contributed by atoms with Crippen LogP contribution in [0.25, 0.3) is 17.3 Å². The van der Waals surface area contributed by atoms with Gasteiger partial charge in [0, 0.05) is 5.56 Å². The first kappa shape index (κ1) is 9.59. The van der Waals surface area contributed by atoms with Crippen molar-refractivity contribution in [3.8, 4) is 11.3 Å². The van der Waals surface area contributed by atoms with E-state index in [-0.39, 0.29) is 0 Å². The first-order chi connectivity index (χ1) is 7.31. The Labute approximate surface area is 89.3 Å². The summed E-state index contributed by atoms with van der Waals surface area (Å²) in [4.78, 5) is 0. The Morgan fingerprint density at radius 2 is 1.87 bits per heavy atom. The Kier molecular flexibility index (Phi) is 2.59. The summed E-state index contributed by atoms with van der Waals surface area (Å²) in [6.45, 7) is 5.70. The largest absolute Gasteiger partial charge is 0.150 e. The average molecular weight is 196 g/mol. The lowest BCUT2D eigenvalue weighted by molar-refractivity contribution is 1.01. The zero-order valence-electron chi connectivity index (χ0n) is 8.64. The molecule has 74 valence electrons. The van der Waals surface area contributed by atoms with Gasteiger partial charge in [0.25, 0.3) is 0 Å². The van der Waals surface area contributed by atoms with Crippen molar-refractivity contribution >= 4 is 6.08 Å². The topological polar surface area (TPSA) is 25.8 Å². The van der Waals surface area contributed by atoms with Crippen molar-refractivity contribution in [1.29, 1.82) is 0 Å². The standard InChI is InChI=1S/C13H12N2/c1-3-12-10(2)9-13(15-14-12)11-7-5-4-6-8-11/h3-9H,1H2,2H3. The van der Waals surface area contributed by atoms with E-state index in [1.54, 1.807) is 6.08 Å². The number of benzene rings is 1. The Morgan fingerprint density at radius 3 is 2.47 bits per heavy atom. The van der Waals surface area contributed by atoms with Crippen molar-refractivity contribution in [2.75, 3.05) is 0 Å². The quantitative estimate of drug-likeness (QED) is 0.737. The van der Waals surface area contributed by atoms with E-state index >= 15 is 0 Å². The van der Waals surface area contributed by atoms with Crippen LogP contribution in [0.2, 0.25) is 0 Å². The number of aromatic nitrogens is 2. The van der Waals surface area contributed by atoms with Gasteiger partial charge in [0.15, 0.2) is 0 Å². The van der Waals surface area contributed by atoms with Crippen molar-refractivity contribution in [2.45, 2.75) is 6.92 Å². The molecule has 0 radical (unpaired) electrons. The van der Waals surface area contributed by atoms with Gasteiger partial charge in [-0.2, -0.15) is 5.10 Å². The fraction of sp³-hybridized carbons (Fsp3) is 0.0769. The predicted molar refractivity (Wildman–Crippen MR) is 62.3 cm³/mol. The molecule has 0 unspecified atom stereocenters. The van der Waals surface area contributed by atoms with E-state index in [0.717, 1.165) is 22.5 Å². The summed E-state index contributed by atoms with van der Waals surface area (Å²) in [5.74, 6) is 0. The summed E-state index contributed by atoms with van der Waals surface area (Å²) in [6.07, 6.45) is 1.72. The minimum Gasteiger partial charge on any atom is -0.150 e. The second-order valence-corrected chi connectivity index (χ2v) is 3.37. The molecule has 0 aliphatic rings. The fourth-order valence-electron chi connectivity index (χ4n) is 1.45. The Balaban J connectivity index is 2.47. The number of aryl methyl sites for hydroxylation is 1. The fourth-order valence-corrected chi connectivity index (χ4v) is 1.45. The molecule has 1 heterocycles. The molecule has 0 spiro atoms. The molecule has 15 heavy (non-hydrogen) atoms. The minimum absolute atomic E-state index is 0.842. The van der Waals surface area contributed by atoms with Crippen molar-refractivity contribution < 1.29 is 0 Å². The second-order valence-electron chi connectivity index (χ2n) is 3.37. The molecule has 0 N–H and O–H groups in total. The van der Waals surface area contributed by atoms with Gasteiger partial charge in [-0.3, -0.25) is 0 Å². The highest BCUT2D eigenvalue weighted by atomic mass is 15.1. The lowest BCUT2D eigenvalue weighted by atomic mass is 10.1. The van der Waals surface area contributed by atoms with Gasteiger partial charge in [-0.05, 0) is 24.6 Å². The Morgan fingerprint density at radius 1 is 1.13 bits per heavy atom. The highest BCUT2D eigenvalue weighted by molar-refractivity contribution is 5.60. The molecular weight excluding hydrogens is 184 g/mol. The third kappa shape index (κ3) is 1.94. The van der Waals surface area contributed by atoms with Crippen LogP contribution >= 0.6 is 0 Å². The van der Waals surface area contributed by atoms with E-state index in [2.05, 4.69) is 16.8 Å². The molecule has 0 saturated carbocycles. The van der Waals surface area contributed by atoms with E-state index < -0.39 is 0 Å². The molecule has 0 atom stereocenters. The van der Waals surface area contributed by atoms with Crippen LogP contribution in [0.1, 0.15) is 11.3 Å². The smallest absolute Gasteiger partial charge is 0.0932 e. The normalized spacial score (nSPS) is 9.93. The van der Waals surface area contributed by atoms with Crippen LogP contribution in [0, 0.1) is 6.92 Å². The first-order valence-electron chi connectivity index (χ1n) is 4.83. The molecule has 1 aromatic carbocycles. The number of rotatable bonds is 2. The summed E-state index contributed by atoms with van der Waals surface area (Å²) in [6, 6.07) is 12.1. The molecule has 2 heteroatoms. The highest BCUT2D eigenvalue weighted by Gasteiger charge is 2.02. The summed E-state index contributed by atoms with van der Waals surface area (Å²) in [7, 11) is 0. The lowest BCUT2D eigenvalue weighted by Crippen LogP contribution is -1.93. The van der Waals surface area contributed by atoms with Crippen molar-refractivity contribution in [2.24, 2.45) is 0 Å². The molecule has 2 rings (SSSR count). The third-order valence-electron chi connectivity index (χ3n) is 2.29. The minimum atomic E-state index is 0.842. The van der Waals surface area contributed by atoms with Crippen molar-refractivity contribution in [3.05, 3.63) is 54.2 Å². The van der Waals surface area contributed by atoms with Crippen LogP contribution in [0.15, 0.2) is 43.0 Å². The maximum atomic E-state index is 4.16. The van der Waals surface area contributed by atoms with E-state index in [1.165, 1.54) is 0 Å². The second kappa shape index (κ2) is 4.05. The third-order valence-corrected chi connectivity index (χ3v) is 2.29. The van der Waals surface area contributed by atoms with E-state index in [9.17, 15) is 0 Å². The summed E-state index contributed by atoms with van der Waals surface area (Å²) >= 11 is 0. The Bertz CT molecular complexity index is 475. The van der Waals surface area contributed by atoms with E-state index in [0.29, 0.717) is 0 Å². The van der Waals surface area contributed by atoms with Gasteiger partial charge in [0.1, 0.15) is 0 Å². The van der Waals surface area contributed by atoms with E-state index in [4.69, 9.17) is 0 Å². The van der Waals surface area contributed by atoms with Crippen molar-refractivity contribution in [1.82, 2.24) is 10.2 Å². The van der Waals surface area contributed by atoms with Crippen LogP contribution in [0.5, 0.6) is 0 Å². The molecule has 0 aliphatic heterocycles.